The number of nitrogens with zero attached hydrogens (tertiary/aromatic N) is 3. The molecule has 1 N–H and O–H groups in total. The predicted molar refractivity (Wildman–Crippen MR) is 91.1 cm³/mol. The first-order chi connectivity index (χ1) is 12.3. The molecule has 0 bridgehead atoms. The number of piperazine rings is 1. The summed E-state index contributed by atoms with van der Waals surface area (Å²) in [7, 11) is 0. The summed E-state index contributed by atoms with van der Waals surface area (Å²) in [6.45, 7) is 1.41. The average molecular weight is 390 g/mol. The van der Waals surface area contributed by atoms with Gasteiger partial charge in [-0.25, -0.2) is 0 Å². The zero-order valence-corrected chi connectivity index (χ0v) is 14.5. The molecule has 2 aliphatic rings. The van der Waals surface area contributed by atoms with E-state index in [1.54, 1.807) is 21.6 Å². The molecule has 2 saturated heterocycles. The number of carbonyl (C=O) groups is 1. The Morgan fingerprint density at radius 3 is 2.50 bits per heavy atom. The zero-order valence-electron chi connectivity index (χ0n) is 13.7. The van der Waals surface area contributed by atoms with E-state index in [4.69, 9.17) is 0 Å². The number of anilines is 1. The monoisotopic (exact) mass is 390 g/mol. The molecular weight excluding hydrogens is 373 g/mol. The van der Waals surface area contributed by atoms with Crippen molar-refractivity contribution >= 4 is 29.0 Å². The van der Waals surface area contributed by atoms with E-state index in [-0.39, 0.29) is 17.6 Å². The van der Waals surface area contributed by atoms with Crippen LogP contribution in [0.25, 0.3) is 0 Å². The summed E-state index contributed by atoms with van der Waals surface area (Å²) in [5.74, 6) is 1.44. The summed E-state index contributed by atoms with van der Waals surface area (Å²) >= 11 is 1.64. The minimum Gasteiger partial charge on any atom is -0.362 e. The molecule has 2 heterocycles. The molecule has 3 rings (SSSR count). The van der Waals surface area contributed by atoms with Gasteiger partial charge in [-0.2, -0.15) is 13.2 Å². The lowest BCUT2D eigenvalue weighted by molar-refractivity contribution is -0.384. The largest absolute Gasteiger partial charge is 0.416 e. The molecule has 0 spiro atoms. The number of halogens is 3. The second-order valence-electron chi connectivity index (χ2n) is 6.04. The number of hydrogen-bond donors (Lipinski definition) is 1. The first-order valence-corrected chi connectivity index (χ1v) is 9.13. The molecule has 0 aromatic heterocycles. The van der Waals surface area contributed by atoms with E-state index < -0.39 is 22.4 Å². The van der Waals surface area contributed by atoms with E-state index in [9.17, 15) is 28.1 Å². The van der Waals surface area contributed by atoms with E-state index in [1.807, 2.05) is 0 Å². The highest BCUT2D eigenvalue weighted by Gasteiger charge is 2.35. The lowest BCUT2D eigenvalue weighted by Gasteiger charge is -2.36. The van der Waals surface area contributed by atoms with Crippen molar-refractivity contribution in [3.8, 4) is 0 Å². The standard InChI is InChI=1S/C15H17F3N4O3S/c16-15(17,18)10-1-2-12(13(7-10)22(24)25)20-3-5-21(6-4-20)14(23)11-8-26-9-19-11/h1-2,7,11,19H,3-6,8-9H2. The molecule has 1 amide bonds. The van der Waals surface area contributed by atoms with Gasteiger partial charge in [0.2, 0.25) is 5.91 Å². The third kappa shape index (κ3) is 3.88. The first kappa shape index (κ1) is 18.8. The highest BCUT2D eigenvalue weighted by molar-refractivity contribution is 7.99. The Bertz CT molecular complexity index is 702. The Labute approximate surface area is 151 Å². The van der Waals surface area contributed by atoms with Crippen LogP contribution in [0.3, 0.4) is 0 Å². The molecule has 142 valence electrons. The van der Waals surface area contributed by atoms with Crippen molar-refractivity contribution in [2.45, 2.75) is 12.2 Å². The fraction of sp³-hybridized carbons (Fsp3) is 0.533. The van der Waals surface area contributed by atoms with E-state index >= 15 is 0 Å². The SMILES string of the molecule is O=C(C1CSCN1)N1CCN(c2ccc(C(F)(F)F)cc2[N+](=O)[O-])CC1. The number of alkyl halides is 3. The molecule has 0 radical (unpaired) electrons. The van der Waals surface area contributed by atoms with Gasteiger partial charge >= 0.3 is 6.18 Å². The number of benzene rings is 1. The number of nitro benzene ring substituents is 1. The maximum absolute atomic E-state index is 12.8. The number of nitro groups is 1. The molecule has 2 aliphatic heterocycles. The minimum atomic E-state index is -4.64. The second kappa shape index (κ2) is 7.31. The lowest BCUT2D eigenvalue weighted by atomic mass is 10.1. The molecule has 26 heavy (non-hydrogen) atoms. The quantitative estimate of drug-likeness (QED) is 0.628. The van der Waals surface area contributed by atoms with Gasteiger partial charge in [-0.15, -0.1) is 11.8 Å². The van der Waals surface area contributed by atoms with Gasteiger partial charge in [-0.1, -0.05) is 0 Å². The Balaban J connectivity index is 1.72. The van der Waals surface area contributed by atoms with Gasteiger partial charge in [0.05, 0.1) is 16.5 Å². The summed E-state index contributed by atoms with van der Waals surface area (Å²) in [4.78, 5) is 26.1. The molecule has 0 saturated carbocycles. The number of amides is 1. The van der Waals surface area contributed by atoms with Crippen molar-refractivity contribution < 1.29 is 22.9 Å². The Hall–Kier alpha value is -2.01. The van der Waals surface area contributed by atoms with Crippen molar-refractivity contribution in [2.24, 2.45) is 0 Å². The van der Waals surface area contributed by atoms with Crippen molar-refractivity contribution in [1.29, 1.82) is 0 Å². The third-order valence-corrected chi connectivity index (χ3v) is 5.39. The lowest BCUT2D eigenvalue weighted by Crippen LogP contribution is -2.53. The maximum Gasteiger partial charge on any atom is 0.416 e. The van der Waals surface area contributed by atoms with Crippen LogP contribution in [0, 0.1) is 10.1 Å². The van der Waals surface area contributed by atoms with Crippen LogP contribution in [0.2, 0.25) is 0 Å². The first-order valence-electron chi connectivity index (χ1n) is 7.98. The highest BCUT2D eigenvalue weighted by Crippen LogP contribution is 2.36. The number of hydrogen-bond acceptors (Lipinski definition) is 6. The molecule has 1 unspecified atom stereocenters. The van der Waals surface area contributed by atoms with Gasteiger partial charge in [0.15, 0.2) is 0 Å². The van der Waals surface area contributed by atoms with Crippen molar-refractivity contribution in [1.82, 2.24) is 10.2 Å². The summed E-state index contributed by atoms with van der Waals surface area (Å²) in [5.41, 5.74) is -1.48. The highest BCUT2D eigenvalue weighted by atomic mass is 32.2. The fourth-order valence-corrected chi connectivity index (χ4v) is 3.99. The molecule has 1 aromatic rings. The van der Waals surface area contributed by atoms with Gasteiger partial charge in [0, 0.05) is 43.9 Å². The summed E-state index contributed by atoms with van der Waals surface area (Å²) < 4.78 is 38.4. The van der Waals surface area contributed by atoms with Crippen LogP contribution >= 0.6 is 11.8 Å². The zero-order chi connectivity index (χ0) is 18.9. The van der Waals surface area contributed by atoms with Crippen molar-refractivity contribution in [3.05, 3.63) is 33.9 Å². The van der Waals surface area contributed by atoms with Crippen LogP contribution in [0.4, 0.5) is 24.5 Å². The fourth-order valence-electron chi connectivity index (χ4n) is 3.06. The Morgan fingerprint density at radius 2 is 1.96 bits per heavy atom. The minimum absolute atomic E-state index is 0.00318. The van der Waals surface area contributed by atoms with Gasteiger partial charge in [0.1, 0.15) is 5.69 Å². The molecule has 1 aromatic carbocycles. The van der Waals surface area contributed by atoms with Crippen LogP contribution < -0.4 is 10.2 Å². The summed E-state index contributed by atoms with van der Waals surface area (Å²) in [6, 6.07) is 2.33. The smallest absolute Gasteiger partial charge is 0.362 e. The second-order valence-corrected chi connectivity index (χ2v) is 7.07. The number of rotatable bonds is 3. The van der Waals surface area contributed by atoms with Crippen LogP contribution in [-0.2, 0) is 11.0 Å². The molecule has 11 heteroatoms. The summed E-state index contributed by atoms with van der Waals surface area (Å²) in [5, 5.41) is 14.3. The molecule has 7 nitrogen and oxygen atoms in total. The van der Waals surface area contributed by atoms with Crippen LogP contribution in [0.15, 0.2) is 18.2 Å². The van der Waals surface area contributed by atoms with E-state index in [2.05, 4.69) is 5.32 Å². The van der Waals surface area contributed by atoms with Gasteiger partial charge in [-0.05, 0) is 12.1 Å². The van der Waals surface area contributed by atoms with Crippen LogP contribution in [0.1, 0.15) is 5.56 Å². The topological polar surface area (TPSA) is 78.7 Å². The van der Waals surface area contributed by atoms with E-state index in [0.29, 0.717) is 38.0 Å². The average Bonchev–Trinajstić information content (AvgIpc) is 3.14. The maximum atomic E-state index is 12.8. The number of thioether (sulfide) groups is 1. The number of nitrogens with one attached hydrogen (secondary N) is 1. The molecular formula is C15H17F3N4O3S. The molecule has 0 aliphatic carbocycles. The number of carbonyl (C=O) groups excluding carboxylic acids is 1. The van der Waals surface area contributed by atoms with Crippen LogP contribution in [-0.4, -0.2) is 59.6 Å². The van der Waals surface area contributed by atoms with Crippen molar-refractivity contribution in [3.63, 3.8) is 0 Å². The van der Waals surface area contributed by atoms with Crippen molar-refractivity contribution in [2.75, 3.05) is 42.7 Å². The van der Waals surface area contributed by atoms with Gasteiger partial charge in [0.25, 0.3) is 5.69 Å². The predicted octanol–water partition coefficient (Wildman–Crippen LogP) is 1.92. The normalized spacial score (nSPS) is 21.1. The summed E-state index contributed by atoms with van der Waals surface area (Å²) in [6.07, 6.45) is -4.64. The van der Waals surface area contributed by atoms with Gasteiger partial charge in [-0.3, -0.25) is 20.2 Å². The molecule has 2 fully saturated rings. The van der Waals surface area contributed by atoms with E-state index in [0.717, 1.165) is 18.0 Å². The van der Waals surface area contributed by atoms with Gasteiger partial charge < -0.3 is 9.80 Å². The molecule has 1 atom stereocenters. The van der Waals surface area contributed by atoms with E-state index in [1.165, 1.54) is 0 Å². The third-order valence-electron chi connectivity index (χ3n) is 4.45. The van der Waals surface area contributed by atoms with Crippen LogP contribution in [0.5, 0.6) is 0 Å². The Morgan fingerprint density at radius 1 is 1.27 bits per heavy atom. The Kier molecular flexibility index (Phi) is 5.28.